The van der Waals surface area contributed by atoms with Gasteiger partial charge < -0.3 is 9.47 Å². The topological polar surface area (TPSA) is 52.6 Å². The van der Waals surface area contributed by atoms with Crippen molar-refractivity contribution in [1.29, 1.82) is 0 Å². The van der Waals surface area contributed by atoms with Gasteiger partial charge in [-0.25, -0.2) is 0 Å². The van der Waals surface area contributed by atoms with Crippen LogP contribution in [0.25, 0.3) is 5.57 Å². The number of esters is 2. The first-order valence-corrected chi connectivity index (χ1v) is 17.3. The molecule has 0 aromatic heterocycles. The Morgan fingerprint density at radius 2 is 1.45 bits per heavy atom. The molecule has 4 saturated carbocycles. The Labute approximate surface area is 265 Å². The Bertz CT molecular complexity index is 1310. The number of allylic oxidation sites excluding steroid dienone is 1. The molecule has 6 rings (SSSR count). The van der Waals surface area contributed by atoms with Gasteiger partial charge in [0.1, 0.15) is 12.2 Å². The van der Waals surface area contributed by atoms with Crippen molar-refractivity contribution >= 4 is 17.5 Å². The minimum absolute atomic E-state index is 0.0160. The van der Waals surface area contributed by atoms with Crippen LogP contribution < -0.4 is 0 Å². The average molecular weight is 597 g/mol. The Balaban J connectivity index is 1.26. The molecule has 4 nitrogen and oxygen atoms in total. The average Bonchev–Trinajstić information content (AvgIpc) is 3.37. The van der Waals surface area contributed by atoms with Crippen LogP contribution in [0, 0.1) is 46.3 Å². The molecule has 4 fully saturated rings. The SMILES string of the molecule is CC(=O)O[C@H]1CC[C@@]2(C)[C@@H](CC[C@H]3[C@H]2C[C@@H](OC(C)=O)[C@]2(C)[C@@H]3CC[C@H]2[C@@H](C)CC=C(c2ccccc2)c2ccccc2)C1. The normalized spacial score (nSPS) is 36.6. The molecule has 236 valence electrons. The highest BCUT2D eigenvalue weighted by molar-refractivity contribution is 5.79. The molecule has 2 aromatic rings. The Hall–Kier alpha value is -2.88. The lowest BCUT2D eigenvalue weighted by Crippen LogP contribution is -2.59. The van der Waals surface area contributed by atoms with E-state index in [4.69, 9.17) is 9.47 Å². The van der Waals surface area contributed by atoms with Crippen molar-refractivity contribution in [3.8, 4) is 0 Å². The standard InChI is InChI=1S/C40H52O4/c1-26(16-18-33(29-12-8-6-9-13-29)30-14-10-7-11-15-30)35-20-21-36-34-19-17-31-24-32(43-27(2)41)22-23-39(31,4)37(34)25-38(40(35,36)5)44-28(3)42/h6-15,18,26,31-32,34-38H,16-17,19-25H2,1-5H3/t26-,31-,32-,34+,35-,36+,37+,38+,39-,40-/m0/s1. The van der Waals surface area contributed by atoms with Crippen LogP contribution in [-0.4, -0.2) is 24.1 Å². The molecule has 0 N–H and O–H groups in total. The molecule has 10 atom stereocenters. The number of carbonyl (C=O) groups excluding carboxylic acids is 2. The predicted octanol–water partition coefficient (Wildman–Crippen LogP) is 9.28. The minimum Gasteiger partial charge on any atom is -0.463 e. The largest absolute Gasteiger partial charge is 0.463 e. The zero-order valence-corrected chi connectivity index (χ0v) is 27.5. The monoisotopic (exact) mass is 596 g/mol. The summed E-state index contributed by atoms with van der Waals surface area (Å²) in [6, 6.07) is 21.5. The van der Waals surface area contributed by atoms with Gasteiger partial charge in [-0.05, 0) is 115 Å². The molecule has 0 radical (unpaired) electrons. The number of ether oxygens (including phenoxy) is 2. The van der Waals surface area contributed by atoms with E-state index in [0.29, 0.717) is 35.5 Å². The highest BCUT2D eigenvalue weighted by Gasteiger charge is 2.65. The summed E-state index contributed by atoms with van der Waals surface area (Å²) in [5, 5.41) is 0. The molecule has 4 heteroatoms. The number of carbonyl (C=O) groups is 2. The fourth-order valence-electron chi connectivity index (χ4n) is 10.9. The van der Waals surface area contributed by atoms with E-state index in [1.807, 2.05) is 0 Å². The van der Waals surface area contributed by atoms with Gasteiger partial charge in [-0.3, -0.25) is 9.59 Å². The van der Waals surface area contributed by atoms with Crippen LogP contribution in [0.5, 0.6) is 0 Å². The van der Waals surface area contributed by atoms with Crippen LogP contribution in [0.3, 0.4) is 0 Å². The molecule has 0 amide bonds. The van der Waals surface area contributed by atoms with Gasteiger partial charge in [-0.1, -0.05) is 87.5 Å². The first-order valence-electron chi connectivity index (χ1n) is 17.3. The summed E-state index contributed by atoms with van der Waals surface area (Å²) < 4.78 is 12.1. The van der Waals surface area contributed by atoms with Crippen LogP contribution in [0.15, 0.2) is 66.7 Å². The van der Waals surface area contributed by atoms with Crippen LogP contribution in [-0.2, 0) is 19.1 Å². The maximum absolute atomic E-state index is 12.6. The quantitative estimate of drug-likeness (QED) is 0.299. The molecular formula is C40H52O4. The summed E-state index contributed by atoms with van der Waals surface area (Å²) in [6.45, 7) is 10.6. The Kier molecular flexibility index (Phi) is 8.83. The minimum atomic E-state index is -0.156. The van der Waals surface area contributed by atoms with E-state index in [2.05, 4.69) is 87.5 Å². The van der Waals surface area contributed by atoms with Gasteiger partial charge in [0.05, 0.1) is 0 Å². The molecular weight excluding hydrogens is 544 g/mol. The van der Waals surface area contributed by atoms with E-state index >= 15 is 0 Å². The lowest BCUT2D eigenvalue weighted by Gasteiger charge is -2.62. The number of benzene rings is 2. The van der Waals surface area contributed by atoms with E-state index < -0.39 is 0 Å². The first-order chi connectivity index (χ1) is 21.1. The molecule has 0 bridgehead atoms. The molecule has 0 aliphatic heterocycles. The summed E-state index contributed by atoms with van der Waals surface area (Å²) >= 11 is 0. The number of fused-ring (bicyclic) bond motifs is 5. The van der Waals surface area contributed by atoms with Crippen molar-refractivity contribution in [2.75, 3.05) is 0 Å². The summed E-state index contributed by atoms with van der Waals surface area (Å²) in [7, 11) is 0. The van der Waals surface area contributed by atoms with Gasteiger partial charge in [0.15, 0.2) is 0 Å². The summed E-state index contributed by atoms with van der Waals surface area (Å²) in [5.74, 6) is 3.07. The number of hydrogen-bond donors (Lipinski definition) is 0. The smallest absolute Gasteiger partial charge is 0.302 e. The van der Waals surface area contributed by atoms with E-state index in [1.54, 1.807) is 6.92 Å². The molecule has 2 aromatic carbocycles. The maximum Gasteiger partial charge on any atom is 0.302 e. The Morgan fingerprint density at radius 1 is 0.818 bits per heavy atom. The second kappa shape index (κ2) is 12.5. The fraction of sp³-hybridized carbons (Fsp3) is 0.600. The van der Waals surface area contributed by atoms with Gasteiger partial charge in [0, 0.05) is 19.3 Å². The third-order valence-electron chi connectivity index (χ3n) is 13.0. The molecule has 0 heterocycles. The van der Waals surface area contributed by atoms with Crippen LogP contribution >= 0.6 is 0 Å². The lowest BCUT2D eigenvalue weighted by molar-refractivity contribution is -0.197. The van der Waals surface area contributed by atoms with Crippen LogP contribution in [0.1, 0.15) is 104 Å². The van der Waals surface area contributed by atoms with Gasteiger partial charge in [-0.2, -0.15) is 0 Å². The van der Waals surface area contributed by atoms with Crippen molar-refractivity contribution in [2.24, 2.45) is 46.3 Å². The highest BCUT2D eigenvalue weighted by atomic mass is 16.5. The highest BCUT2D eigenvalue weighted by Crippen LogP contribution is 2.69. The van der Waals surface area contributed by atoms with Gasteiger partial charge in [0.25, 0.3) is 0 Å². The van der Waals surface area contributed by atoms with Crippen molar-refractivity contribution in [2.45, 2.75) is 105 Å². The van der Waals surface area contributed by atoms with Gasteiger partial charge in [0.2, 0.25) is 0 Å². The zero-order valence-electron chi connectivity index (χ0n) is 27.5. The van der Waals surface area contributed by atoms with E-state index in [-0.39, 0.29) is 35.0 Å². The third kappa shape index (κ3) is 5.67. The number of rotatable bonds is 7. The number of hydrogen-bond acceptors (Lipinski definition) is 4. The van der Waals surface area contributed by atoms with Crippen molar-refractivity contribution < 1.29 is 19.1 Å². The van der Waals surface area contributed by atoms with Crippen molar-refractivity contribution in [3.63, 3.8) is 0 Å². The maximum atomic E-state index is 12.6. The summed E-state index contributed by atoms with van der Waals surface area (Å²) in [5.41, 5.74) is 4.01. The first kappa shape index (κ1) is 31.1. The summed E-state index contributed by atoms with van der Waals surface area (Å²) in [4.78, 5) is 24.4. The van der Waals surface area contributed by atoms with E-state index in [0.717, 1.165) is 32.1 Å². The molecule has 4 aliphatic rings. The molecule has 0 spiro atoms. The second-order valence-corrected chi connectivity index (χ2v) is 15.1. The van der Waals surface area contributed by atoms with E-state index in [9.17, 15) is 9.59 Å². The van der Waals surface area contributed by atoms with Gasteiger partial charge in [-0.15, -0.1) is 0 Å². The lowest BCUT2D eigenvalue weighted by atomic mass is 9.43. The van der Waals surface area contributed by atoms with Crippen LogP contribution in [0.2, 0.25) is 0 Å². The fourth-order valence-corrected chi connectivity index (χ4v) is 10.9. The summed E-state index contributed by atoms with van der Waals surface area (Å²) in [6.07, 6.45) is 12.4. The zero-order chi connectivity index (χ0) is 31.1. The third-order valence-corrected chi connectivity index (χ3v) is 13.0. The molecule has 0 unspecified atom stereocenters. The molecule has 4 aliphatic carbocycles. The van der Waals surface area contributed by atoms with E-state index in [1.165, 1.54) is 49.3 Å². The Morgan fingerprint density at radius 3 is 2.07 bits per heavy atom. The second-order valence-electron chi connectivity index (χ2n) is 15.1. The predicted molar refractivity (Wildman–Crippen MR) is 175 cm³/mol. The van der Waals surface area contributed by atoms with Gasteiger partial charge >= 0.3 is 11.9 Å². The molecule has 44 heavy (non-hydrogen) atoms. The van der Waals surface area contributed by atoms with Crippen molar-refractivity contribution in [3.05, 3.63) is 77.9 Å². The molecule has 0 saturated heterocycles. The van der Waals surface area contributed by atoms with Crippen molar-refractivity contribution in [1.82, 2.24) is 0 Å². The van der Waals surface area contributed by atoms with Crippen LogP contribution in [0.4, 0.5) is 0 Å².